The van der Waals surface area contributed by atoms with Crippen LogP contribution in [0.5, 0.6) is 0 Å². The van der Waals surface area contributed by atoms with E-state index in [0.29, 0.717) is 13.2 Å². The first kappa shape index (κ1) is 71.2. The minimum Gasteiger partial charge on any atom is -0.456 e. The van der Waals surface area contributed by atoms with Crippen molar-refractivity contribution in [3.05, 3.63) is 199 Å². The zero-order chi connectivity index (χ0) is 67.4. The standard InChI is InChI=1S/C45H40N2O8.C16H10F16O4/c1-3-42(48)54-29-52-27-50-25-31-14-19-35(20-15-31)47(36-21-16-32(17-22-36)26-51-28-53-30-55-43(49)4-2)46-24-34-18-23-41-39-12-6-9-33-8-5-11-38(44(33)39)40-13-7-10-37(34)45(40)41;1-3-7(33)35-5-9(17,18)11(21,22)13(25,26)15(29,30)16(31,32)14(27,28)12(23,24)10(19,20)6-36-8(34)4-2/h3-7,9-24,39H,1-2,8,25-30H2;3-4H,1-2,5-6H2/b46-24+;. The summed E-state index contributed by atoms with van der Waals surface area (Å²) in [6.45, 7) is 5.29. The second kappa shape index (κ2) is 29.0. The average molecular weight is 1310 g/mol. The summed E-state index contributed by atoms with van der Waals surface area (Å²) in [5, 5.41) is 9.39. The van der Waals surface area contributed by atoms with Crippen molar-refractivity contribution >= 4 is 57.8 Å². The molecule has 4 aromatic carbocycles. The molecule has 0 saturated heterocycles. The molecule has 0 saturated carbocycles. The first-order valence-corrected chi connectivity index (χ1v) is 26.1. The number of fused-ring (bicyclic) bond motifs is 2. The molecule has 0 heterocycles. The number of allylic oxidation sites excluding steroid dienone is 8. The summed E-state index contributed by atoms with van der Waals surface area (Å²) >= 11 is 0. The van der Waals surface area contributed by atoms with E-state index >= 15 is 0 Å². The lowest BCUT2D eigenvalue weighted by Crippen LogP contribution is -2.75. The monoisotopic (exact) mass is 1310 g/mol. The van der Waals surface area contributed by atoms with E-state index in [1.807, 2.05) is 59.8 Å². The number of nitrogens with zero attached hydrogens (tertiary/aromatic N) is 2. The summed E-state index contributed by atoms with van der Waals surface area (Å²) in [5.74, 6) is -68.4. The summed E-state index contributed by atoms with van der Waals surface area (Å²) in [4.78, 5) is 43.5. The van der Waals surface area contributed by atoms with Gasteiger partial charge in [-0.05, 0) is 80.4 Å². The van der Waals surface area contributed by atoms with E-state index < -0.39 is 84.5 Å². The van der Waals surface area contributed by atoms with Crippen LogP contribution in [0, 0.1) is 0 Å². The number of carbonyl (C=O) groups excluding carboxylic acids is 4. The molecular weight excluding hydrogens is 1260 g/mol. The number of benzene rings is 4. The third-order valence-corrected chi connectivity index (χ3v) is 13.4. The fourth-order valence-electron chi connectivity index (χ4n) is 8.69. The van der Waals surface area contributed by atoms with Gasteiger partial charge in [-0.3, -0.25) is 0 Å². The fourth-order valence-corrected chi connectivity index (χ4v) is 8.69. The van der Waals surface area contributed by atoms with Crippen LogP contribution in [0.15, 0.2) is 176 Å². The maximum atomic E-state index is 13.7. The van der Waals surface area contributed by atoms with E-state index in [1.54, 1.807) is 0 Å². The summed E-state index contributed by atoms with van der Waals surface area (Å²) in [7, 11) is 0. The van der Waals surface area contributed by atoms with Gasteiger partial charge in [0.05, 0.1) is 30.8 Å². The van der Waals surface area contributed by atoms with Crippen LogP contribution < -0.4 is 5.01 Å². The van der Waals surface area contributed by atoms with Crippen molar-refractivity contribution in [1.82, 2.24) is 0 Å². The number of esters is 4. The number of alkyl halides is 16. The van der Waals surface area contributed by atoms with Gasteiger partial charge in [0.25, 0.3) is 0 Å². The summed E-state index contributed by atoms with van der Waals surface area (Å²) < 4.78 is 255. The molecule has 0 spiro atoms. The first-order chi connectivity index (χ1) is 42.7. The average Bonchev–Trinajstić information content (AvgIpc) is 0.706. The number of anilines is 2. The Bertz CT molecular complexity index is 3380. The Kier molecular flexibility index (Phi) is 22.7. The van der Waals surface area contributed by atoms with Crippen molar-refractivity contribution in [2.45, 2.75) is 72.9 Å². The maximum absolute atomic E-state index is 13.7. The third kappa shape index (κ3) is 15.0. The molecule has 0 radical (unpaired) electrons. The van der Waals surface area contributed by atoms with Gasteiger partial charge < -0.3 is 37.9 Å². The normalized spacial score (nSPS) is 15.0. The van der Waals surface area contributed by atoms with Gasteiger partial charge in [-0.15, -0.1) is 0 Å². The topological polar surface area (TPSA) is 158 Å². The highest BCUT2D eigenvalue weighted by atomic mass is 19.4. The Hall–Kier alpha value is -8.87. The van der Waals surface area contributed by atoms with Crippen molar-refractivity contribution in [2.75, 3.05) is 45.4 Å². The Morgan fingerprint density at radius 2 is 0.967 bits per heavy atom. The molecule has 30 heteroatoms. The minimum absolute atomic E-state index is 0.0359. The van der Waals surface area contributed by atoms with Crippen LogP contribution in [-0.4, -0.2) is 118 Å². The number of halogens is 16. The minimum atomic E-state index is -8.63. The van der Waals surface area contributed by atoms with Crippen LogP contribution >= 0.6 is 0 Å². The Labute approximate surface area is 506 Å². The molecule has 14 nitrogen and oxygen atoms in total. The van der Waals surface area contributed by atoms with Crippen molar-refractivity contribution in [3.8, 4) is 0 Å². The van der Waals surface area contributed by atoms with E-state index in [9.17, 15) is 89.4 Å². The van der Waals surface area contributed by atoms with Crippen LogP contribution in [0.25, 0.3) is 16.3 Å². The van der Waals surface area contributed by atoms with Crippen LogP contribution in [-0.2, 0) is 70.3 Å². The molecule has 0 bridgehead atoms. The lowest BCUT2D eigenvalue weighted by molar-refractivity contribution is -0.454. The molecule has 0 aliphatic heterocycles. The molecule has 3 aliphatic rings. The Balaban J connectivity index is 0.000000320. The third-order valence-electron chi connectivity index (χ3n) is 13.4. The molecule has 1 atom stereocenters. The number of hydrazone groups is 1. The lowest BCUT2D eigenvalue weighted by Gasteiger charge is -2.43. The van der Waals surface area contributed by atoms with Crippen molar-refractivity contribution < 1.29 is 127 Å². The van der Waals surface area contributed by atoms with Gasteiger partial charge in [0.1, 0.15) is 0 Å². The second-order valence-corrected chi connectivity index (χ2v) is 19.2. The molecule has 3 aliphatic carbocycles. The SMILES string of the molecule is C=CC(=O)OCC(F)(F)C(F)(F)C(F)(F)C(F)(F)C(F)(F)C(F)(F)C(F)(F)C(F)(F)COC(=O)C=C.C=CC(=O)OCOCOCc1ccc(N(/N=C/c2ccc3c4c(cccc24)C2=C4C(=CC=CC43)CC=C2)c2ccc(COCOCOC(=O)C=C)cc2)cc1. The Morgan fingerprint density at radius 1 is 0.527 bits per heavy atom. The van der Waals surface area contributed by atoms with Gasteiger partial charge in [0, 0.05) is 35.8 Å². The van der Waals surface area contributed by atoms with E-state index in [4.69, 9.17) is 33.5 Å². The predicted octanol–water partition coefficient (Wildman–Crippen LogP) is 14.2. The summed E-state index contributed by atoms with van der Waals surface area (Å²) in [5.41, 5.74) is 11.2. The van der Waals surface area contributed by atoms with Gasteiger partial charge in [-0.25, -0.2) is 24.2 Å². The number of ether oxygens (including phenoxy) is 8. The van der Waals surface area contributed by atoms with Crippen LogP contribution in [0.2, 0.25) is 0 Å². The van der Waals surface area contributed by atoms with Gasteiger partial charge in [-0.1, -0.05) is 111 Å². The summed E-state index contributed by atoms with van der Waals surface area (Å²) in [6.07, 6.45) is 16.2. The highest BCUT2D eigenvalue weighted by molar-refractivity contribution is 6.09. The van der Waals surface area contributed by atoms with Gasteiger partial charge >= 0.3 is 71.3 Å². The molecule has 0 fully saturated rings. The van der Waals surface area contributed by atoms with Crippen LogP contribution in [0.1, 0.15) is 40.2 Å². The molecule has 7 rings (SSSR count). The number of hydrogen-bond donors (Lipinski definition) is 0. The quantitative estimate of drug-likeness (QED) is 0.00686. The second-order valence-electron chi connectivity index (χ2n) is 19.2. The number of hydrogen-bond acceptors (Lipinski definition) is 14. The van der Waals surface area contributed by atoms with Gasteiger partial charge in [0.2, 0.25) is 0 Å². The van der Waals surface area contributed by atoms with Gasteiger partial charge in [-0.2, -0.15) is 75.3 Å². The molecule has 0 N–H and O–H groups in total. The molecular formula is C61H50F16N2O12. The van der Waals surface area contributed by atoms with Crippen molar-refractivity contribution in [1.29, 1.82) is 0 Å². The molecule has 1 unspecified atom stereocenters. The number of carbonyl (C=O) groups is 4. The lowest BCUT2D eigenvalue weighted by atomic mass is 9.70. The molecule has 91 heavy (non-hydrogen) atoms. The molecule has 0 aromatic heterocycles. The molecule has 488 valence electrons. The zero-order valence-corrected chi connectivity index (χ0v) is 46.9. The van der Waals surface area contributed by atoms with Crippen molar-refractivity contribution in [3.63, 3.8) is 0 Å². The predicted molar refractivity (Wildman–Crippen MR) is 293 cm³/mol. The summed E-state index contributed by atoms with van der Waals surface area (Å²) in [6, 6.07) is 26.8. The zero-order valence-electron chi connectivity index (χ0n) is 46.9. The first-order valence-electron chi connectivity index (χ1n) is 26.1. The smallest absolute Gasteiger partial charge is 0.385 e. The van der Waals surface area contributed by atoms with E-state index in [0.717, 1.165) is 52.0 Å². The number of rotatable bonds is 31. The largest absolute Gasteiger partial charge is 0.456 e. The molecule has 4 aromatic rings. The van der Waals surface area contributed by atoms with Gasteiger partial charge in [0.15, 0.2) is 40.4 Å². The highest BCUT2D eigenvalue weighted by Crippen LogP contribution is 2.64. The Morgan fingerprint density at radius 3 is 1.42 bits per heavy atom. The van der Waals surface area contributed by atoms with E-state index in [2.05, 4.69) is 96.5 Å². The van der Waals surface area contributed by atoms with Crippen LogP contribution in [0.4, 0.5) is 81.6 Å². The highest BCUT2D eigenvalue weighted by Gasteiger charge is 2.95. The van der Waals surface area contributed by atoms with E-state index in [-0.39, 0.29) is 45.2 Å². The maximum Gasteiger partial charge on any atom is 0.385 e. The van der Waals surface area contributed by atoms with Crippen molar-refractivity contribution in [2.24, 2.45) is 5.10 Å². The fraction of sp³-hybridized carbons (Fsp3) is 0.295. The van der Waals surface area contributed by atoms with E-state index in [1.165, 1.54) is 33.2 Å². The van der Waals surface area contributed by atoms with Crippen LogP contribution in [0.3, 0.4) is 0 Å². The molecule has 0 amide bonds.